The molecule has 2 aliphatic heterocycles. The van der Waals surface area contributed by atoms with Gasteiger partial charge in [-0.05, 0) is 26.0 Å². The van der Waals surface area contributed by atoms with Crippen molar-refractivity contribution in [3.8, 4) is 5.75 Å². The van der Waals surface area contributed by atoms with Crippen LogP contribution in [0.5, 0.6) is 5.75 Å². The summed E-state index contributed by atoms with van der Waals surface area (Å²) in [5.41, 5.74) is 1.10. The number of carbonyl (C=O) groups is 1. The number of benzene rings is 1. The van der Waals surface area contributed by atoms with Gasteiger partial charge in [-0.25, -0.2) is 0 Å². The fourth-order valence-electron chi connectivity index (χ4n) is 2.94. The van der Waals surface area contributed by atoms with Crippen LogP contribution in [0.4, 0.5) is 0 Å². The molecule has 0 aliphatic carbocycles. The van der Waals surface area contributed by atoms with Crippen LogP contribution < -0.4 is 10.1 Å². The largest absolute Gasteiger partial charge is 0.491 e. The molecule has 3 rings (SSSR count). The van der Waals surface area contributed by atoms with Gasteiger partial charge < -0.3 is 15.0 Å². The highest BCUT2D eigenvalue weighted by Gasteiger charge is 2.33. The number of nitrogens with zero attached hydrogens (tertiary/aromatic N) is 1. The molecule has 1 aromatic rings. The van der Waals surface area contributed by atoms with E-state index in [9.17, 15) is 4.79 Å². The lowest BCUT2D eigenvalue weighted by Crippen LogP contribution is -2.40. The summed E-state index contributed by atoms with van der Waals surface area (Å²) in [5.74, 6) is 1.29. The lowest BCUT2D eigenvalue weighted by atomic mass is 10.00. The zero-order valence-electron chi connectivity index (χ0n) is 11.3. The third kappa shape index (κ3) is 2.45. The van der Waals surface area contributed by atoms with E-state index in [4.69, 9.17) is 4.74 Å². The predicted molar refractivity (Wildman–Crippen MR) is 72.9 cm³/mol. The van der Waals surface area contributed by atoms with Gasteiger partial charge in [0, 0.05) is 18.2 Å². The van der Waals surface area contributed by atoms with Crippen LogP contribution in [0.15, 0.2) is 24.3 Å². The molecule has 2 aliphatic rings. The fraction of sp³-hybridized carbons (Fsp3) is 0.533. The van der Waals surface area contributed by atoms with Gasteiger partial charge in [0.15, 0.2) is 0 Å². The van der Waals surface area contributed by atoms with Gasteiger partial charge in [0.2, 0.25) is 5.91 Å². The van der Waals surface area contributed by atoms with Crippen LogP contribution in [-0.4, -0.2) is 36.5 Å². The number of nitrogens with one attached hydrogen (secondary N) is 1. The van der Waals surface area contributed by atoms with E-state index in [-0.39, 0.29) is 17.9 Å². The fourth-order valence-corrected chi connectivity index (χ4v) is 2.94. The summed E-state index contributed by atoms with van der Waals surface area (Å²) in [7, 11) is 0. The van der Waals surface area contributed by atoms with Crippen LogP contribution in [0.25, 0.3) is 0 Å². The van der Waals surface area contributed by atoms with Gasteiger partial charge in [0.1, 0.15) is 12.4 Å². The SMILES string of the molecule is CC1NCCC1C(=O)N1CCOc2ccccc2C1. The van der Waals surface area contributed by atoms with Crippen molar-refractivity contribution in [2.75, 3.05) is 19.7 Å². The summed E-state index contributed by atoms with van der Waals surface area (Å²) in [6, 6.07) is 8.27. The molecule has 4 nitrogen and oxygen atoms in total. The summed E-state index contributed by atoms with van der Waals surface area (Å²) in [4.78, 5) is 14.5. The maximum atomic E-state index is 12.6. The van der Waals surface area contributed by atoms with E-state index in [0.29, 0.717) is 19.7 Å². The second-order valence-electron chi connectivity index (χ2n) is 5.35. The summed E-state index contributed by atoms with van der Waals surface area (Å²) < 4.78 is 5.71. The average molecular weight is 260 g/mol. The number of hydrogen-bond acceptors (Lipinski definition) is 3. The van der Waals surface area contributed by atoms with Crippen LogP contribution in [0.1, 0.15) is 18.9 Å². The quantitative estimate of drug-likeness (QED) is 0.830. The molecule has 1 amide bonds. The van der Waals surface area contributed by atoms with E-state index in [1.165, 1.54) is 0 Å². The lowest BCUT2D eigenvalue weighted by molar-refractivity contribution is -0.136. The molecule has 19 heavy (non-hydrogen) atoms. The molecule has 0 bridgehead atoms. The van der Waals surface area contributed by atoms with E-state index >= 15 is 0 Å². The molecule has 4 heteroatoms. The molecule has 0 saturated carbocycles. The molecular formula is C15H20N2O2. The predicted octanol–water partition coefficient (Wildman–Crippen LogP) is 1.41. The summed E-state index contributed by atoms with van der Waals surface area (Å²) >= 11 is 0. The third-order valence-corrected chi connectivity index (χ3v) is 4.11. The van der Waals surface area contributed by atoms with Crippen LogP contribution in [0.3, 0.4) is 0 Å². The molecule has 2 heterocycles. The van der Waals surface area contributed by atoms with E-state index in [1.54, 1.807) is 0 Å². The second kappa shape index (κ2) is 5.21. The van der Waals surface area contributed by atoms with Gasteiger partial charge in [0.05, 0.1) is 12.5 Å². The van der Waals surface area contributed by atoms with Crippen LogP contribution >= 0.6 is 0 Å². The Kier molecular flexibility index (Phi) is 3.42. The normalized spacial score (nSPS) is 26.5. The molecule has 0 aromatic heterocycles. The maximum Gasteiger partial charge on any atom is 0.227 e. The minimum atomic E-state index is 0.116. The van der Waals surface area contributed by atoms with Crippen molar-refractivity contribution in [3.05, 3.63) is 29.8 Å². The van der Waals surface area contributed by atoms with Crippen molar-refractivity contribution < 1.29 is 9.53 Å². The number of hydrogen-bond donors (Lipinski definition) is 1. The number of rotatable bonds is 1. The van der Waals surface area contributed by atoms with Crippen molar-refractivity contribution in [3.63, 3.8) is 0 Å². The molecule has 2 unspecified atom stereocenters. The monoisotopic (exact) mass is 260 g/mol. The number of para-hydroxylation sites is 1. The number of ether oxygens (including phenoxy) is 1. The first-order valence-electron chi connectivity index (χ1n) is 6.98. The van der Waals surface area contributed by atoms with Gasteiger partial charge >= 0.3 is 0 Å². The van der Waals surface area contributed by atoms with Crippen molar-refractivity contribution in [2.45, 2.75) is 25.9 Å². The second-order valence-corrected chi connectivity index (χ2v) is 5.35. The Morgan fingerprint density at radius 3 is 3.05 bits per heavy atom. The minimum absolute atomic E-state index is 0.116. The molecule has 1 fully saturated rings. The molecule has 1 saturated heterocycles. The minimum Gasteiger partial charge on any atom is -0.491 e. The van der Waals surface area contributed by atoms with Crippen LogP contribution in [0, 0.1) is 5.92 Å². The highest BCUT2D eigenvalue weighted by molar-refractivity contribution is 5.80. The first-order chi connectivity index (χ1) is 9.25. The van der Waals surface area contributed by atoms with E-state index in [1.807, 2.05) is 29.2 Å². The van der Waals surface area contributed by atoms with Gasteiger partial charge in [-0.15, -0.1) is 0 Å². The highest BCUT2D eigenvalue weighted by Crippen LogP contribution is 2.25. The standard InChI is InChI=1S/C15H20N2O2/c1-11-13(6-7-16-11)15(18)17-8-9-19-14-5-3-2-4-12(14)10-17/h2-5,11,13,16H,6-10H2,1H3. The van der Waals surface area contributed by atoms with Gasteiger partial charge in [-0.1, -0.05) is 18.2 Å². The molecule has 1 aromatic carbocycles. The smallest absolute Gasteiger partial charge is 0.227 e. The lowest BCUT2D eigenvalue weighted by Gasteiger charge is -2.25. The number of fused-ring (bicyclic) bond motifs is 1. The first-order valence-corrected chi connectivity index (χ1v) is 6.98. The summed E-state index contributed by atoms with van der Waals surface area (Å²) in [5, 5.41) is 3.35. The highest BCUT2D eigenvalue weighted by atomic mass is 16.5. The molecular weight excluding hydrogens is 240 g/mol. The Labute approximate surface area is 113 Å². The van der Waals surface area contributed by atoms with Crippen LogP contribution in [0.2, 0.25) is 0 Å². The Morgan fingerprint density at radius 2 is 2.26 bits per heavy atom. The molecule has 2 atom stereocenters. The van der Waals surface area contributed by atoms with Crippen molar-refractivity contribution in [2.24, 2.45) is 5.92 Å². The Hall–Kier alpha value is -1.55. The van der Waals surface area contributed by atoms with Gasteiger partial charge in [0.25, 0.3) is 0 Å². The maximum absolute atomic E-state index is 12.6. The molecule has 102 valence electrons. The summed E-state index contributed by atoms with van der Waals surface area (Å²) in [6.45, 7) is 4.96. The van der Waals surface area contributed by atoms with E-state index in [0.717, 1.165) is 24.3 Å². The zero-order chi connectivity index (χ0) is 13.2. The van der Waals surface area contributed by atoms with E-state index < -0.39 is 0 Å². The zero-order valence-corrected chi connectivity index (χ0v) is 11.3. The molecule has 0 radical (unpaired) electrons. The van der Waals surface area contributed by atoms with Crippen molar-refractivity contribution in [1.82, 2.24) is 10.2 Å². The topological polar surface area (TPSA) is 41.6 Å². The Balaban J connectivity index is 1.77. The molecule has 1 N–H and O–H groups in total. The number of carbonyl (C=O) groups excluding carboxylic acids is 1. The van der Waals surface area contributed by atoms with Crippen molar-refractivity contribution in [1.29, 1.82) is 0 Å². The van der Waals surface area contributed by atoms with Crippen molar-refractivity contribution >= 4 is 5.91 Å². The third-order valence-electron chi connectivity index (χ3n) is 4.11. The summed E-state index contributed by atoms with van der Waals surface area (Å²) in [6.07, 6.45) is 0.943. The van der Waals surface area contributed by atoms with Crippen LogP contribution in [-0.2, 0) is 11.3 Å². The average Bonchev–Trinajstić information content (AvgIpc) is 2.73. The van der Waals surface area contributed by atoms with Gasteiger partial charge in [-0.2, -0.15) is 0 Å². The number of amides is 1. The first kappa shape index (κ1) is 12.5. The Morgan fingerprint density at radius 1 is 1.42 bits per heavy atom. The van der Waals surface area contributed by atoms with Gasteiger partial charge in [-0.3, -0.25) is 4.79 Å². The van der Waals surface area contributed by atoms with E-state index in [2.05, 4.69) is 12.2 Å². The molecule has 0 spiro atoms. The Bertz CT molecular complexity index is 475.